The van der Waals surface area contributed by atoms with Gasteiger partial charge in [-0.3, -0.25) is 4.79 Å². The molecule has 1 heterocycles. The third-order valence-electron chi connectivity index (χ3n) is 3.49. The molecule has 2 atom stereocenters. The van der Waals surface area contributed by atoms with Crippen LogP contribution in [0.4, 0.5) is 0 Å². The Hall–Kier alpha value is -1.29. The number of carbonyl (C=O) groups excluding carboxylic acids is 1. The summed E-state index contributed by atoms with van der Waals surface area (Å²) in [6, 6.07) is 1.88. The van der Waals surface area contributed by atoms with Crippen LogP contribution in [0.25, 0.3) is 0 Å². The topological polar surface area (TPSA) is 68.3 Å². The molecular formula is C13H20N2O2. The Kier molecular flexibility index (Phi) is 3.84. The van der Waals surface area contributed by atoms with Crippen LogP contribution in [-0.2, 0) is 0 Å². The van der Waals surface area contributed by atoms with E-state index in [2.05, 4.69) is 5.32 Å². The fourth-order valence-electron chi connectivity index (χ4n) is 2.38. The Labute approximate surface area is 102 Å². The van der Waals surface area contributed by atoms with E-state index >= 15 is 0 Å². The van der Waals surface area contributed by atoms with Crippen molar-refractivity contribution < 1.29 is 9.21 Å². The largest absolute Gasteiger partial charge is 0.469 e. The van der Waals surface area contributed by atoms with Gasteiger partial charge >= 0.3 is 0 Å². The molecule has 3 N–H and O–H groups in total. The molecule has 0 radical (unpaired) electrons. The van der Waals surface area contributed by atoms with E-state index in [1.165, 1.54) is 12.7 Å². The van der Waals surface area contributed by atoms with Crippen molar-refractivity contribution in [1.29, 1.82) is 0 Å². The van der Waals surface area contributed by atoms with Crippen LogP contribution in [-0.4, -0.2) is 18.0 Å². The zero-order chi connectivity index (χ0) is 12.3. The molecule has 1 aromatic rings. The second-order valence-corrected chi connectivity index (χ2v) is 4.77. The molecule has 1 fully saturated rings. The van der Waals surface area contributed by atoms with Crippen molar-refractivity contribution in [3.05, 3.63) is 23.7 Å². The second-order valence-electron chi connectivity index (χ2n) is 4.77. The Morgan fingerprint density at radius 3 is 2.88 bits per heavy atom. The molecular weight excluding hydrogens is 216 g/mol. The average Bonchev–Trinajstić information content (AvgIpc) is 2.63. The lowest BCUT2D eigenvalue weighted by Crippen LogP contribution is -2.47. The zero-order valence-electron chi connectivity index (χ0n) is 10.2. The minimum atomic E-state index is -0.0707. The van der Waals surface area contributed by atoms with Gasteiger partial charge < -0.3 is 15.5 Å². The van der Waals surface area contributed by atoms with E-state index in [-0.39, 0.29) is 18.0 Å². The highest BCUT2D eigenvalue weighted by Gasteiger charge is 2.23. The number of carbonyl (C=O) groups is 1. The molecule has 1 aliphatic carbocycles. The van der Waals surface area contributed by atoms with Gasteiger partial charge in [0, 0.05) is 12.1 Å². The van der Waals surface area contributed by atoms with E-state index < -0.39 is 0 Å². The molecule has 1 aromatic heterocycles. The lowest BCUT2D eigenvalue weighted by atomic mass is 10.0. The standard InChI is InChI=1S/C13H20N2O2/c1-9-10(7-8-17-9)13(16)15-12-6-4-2-3-5-11(12)14/h7-8,11-12H,2-6,14H2,1H3,(H,15,16). The second kappa shape index (κ2) is 5.36. The summed E-state index contributed by atoms with van der Waals surface area (Å²) in [4.78, 5) is 12.0. The first-order valence-electron chi connectivity index (χ1n) is 6.29. The SMILES string of the molecule is Cc1occc1C(=O)NC1CCCCCC1N. The number of nitrogens with two attached hydrogens (primary N) is 1. The van der Waals surface area contributed by atoms with E-state index in [0.717, 1.165) is 25.7 Å². The van der Waals surface area contributed by atoms with Crippen LogP contribution in [0.5, 0.6) is 0 Å². The van der Waals surface area contributed by atoms with Gasteiger partial charge in [0.1, 0.15) is 5.76 Å². The molecule has 1 aliphatic rings. The molecule has 0 aliphatic heterocycles. The van der Waals surface area contributed by atoms with Gasteiger partial charge in [-0.05, 0) is 25.8 Å². The molecule has 17 heavy (non-hydrogen) atoms. The summed E-state index contributed by atoms with van der Waals surface area (Å²) in [5, 5.41) is 3.03. The highest BCUT2D eigenvalue weighted by atomic mass is 16.3. The molecule has 1 amide bonds. The number of amides is 1. The fourth-order valence-corrected chi connectivity index (χ4v) is 2.38. The third kappa shape index (κ3) is 2.88. The van der Waals surface area contributed by atoms with E-state index in [4.69, 9.17) is 10.2 Å². The number of furan rings is 1. The van der Waals surface area contributed by atoms with Crippen molar-refractivity contribution in [1.82, 2.24) is 5.32 Å². The van der Waals surface area contributed by atoms with Crippen molar-refractivity contribution in [3.63, 3.8) is 0 Å². The van der Waals surface area contributed by atoms with Crippen LogP contribution < -0.4 is 11.1 Å². The number of nitrogens with one attached hydrogen (secondary N) is 1. The van der Waals surface area contributed by atoms with Crippen LogP contribution >= 0.6 is 0 Å². The summed E-state index contributed by atoms with van der Waals surface area (Å²) in [5.41, 5.74) is 6.69. The van der Waals surface area contributed by atoms with Crippen LogP contribution in [0.15, 0.2) is 16.7 Å². The summed E-state index contributed by atoms with van der Waals surface area (Å²) in [6.45, 7) is 1.79. The first-order valence-corrected chi connectivity index (χ1v) is 6.29. The number of hydrogen-bond donors (Lipinski definition) is 2. The summed E-state index contributed by atoms with van der Waals surface area (Å²) >= 11 is 0. The van der Waals surface area contributed by atoms with E-state index in [0.29, 0.717) is 11.3 Å². The van der Waals surface area contributed by atoms with Crippen molar-refractivity contribution in [2.75, 3.05) is 0 Å². The van der Waals surface area contributed by atoms with Gasteiger partial charge in [0.15, 0.2) is 0 Å². The Morgan fingerprint density at radius 2 is 2.18 bits per heavy atom. The highest BCUT2D eigenvalue weighted by Crippen LogP contribution is 2.17. The molecule has 94 valence electrons. The van der Waals surface area contributed by atoms with Crippen LogP contribution in [0.1, 0.15) is 48.2 Å². The zero-order valence-corrected chi connectivity index (χ0v) is 10.2. The molecule has 0 bridgehead atoms. The summed E-state index contributed by atoms with van der Waals surface area (Å²) < 4.78 is 5.13. The van der Waals surface area contributed by atoms with Crippen LogP contribution in [0.3, 0.4) is 0 Å². The van der Waals surface area contributed by atoms with Gasteiger partial charge in [-0.2, -0.15) is 0 Å². The Morgan fingerprint density at radius 1 is 1.41 bits per heavy atom. The first kappa shape index (κ1) is 12.2. The van der Waals surface area contributed by atoms with Crippen molar-refractivity contribution >= 4 is 5.91 Å². The molecule has 0 spiro atoms. The smallest absolute Gasteiger partial charge is 0.255 e. The Balaban J connectivity index is 2.00. The lowest BCUT2D eigenvalue weighted by Gasteiger charge is -2.22. The van der Waals surface area contributed by atoms with Gasteiger partial charge in [0.2, 0.25) is 0 Å². The Bertz CT molecular complexity index is 387. The van der Waals surface area contributed by atoms with Gasteiger partial charge in [-0.15, -0.1) is 0 Å². The monoisotopic (exact) mass is 236 g/mol. The molecule has 4 nitrogen and oxygen atoms in total. The molecule has 0 aromatic carbocycles. The maximum atomic E-state index is 12.0. The van der Waals surface area contributed by atoms with Crippen molar-refractivity contribution in [3.8, 4) is 0 Å². The molecule has 0 saturated heterocycles. The van der Waals surface area contributed by atoms with Crippen molar-refractivity contribution in [2.45, 2.75) is 51.1 Å². The average molecular weight is 236 g/mol. The van der Waals surface area contributed by atoms with Gasteiger partial charge in [-0.1, -0.05) is 19.3 Å². The van der Waals surface area contributed by atoms with Gasteiger partial charge in [-0.25, -0.2) is 0 Å². The minimum Gasteiger partial charge on any atom is -0.469 e. The van der Waals surface area contributed by atoms with Gasteiger partial charge in [0.05, 0.1) is 11.8 Å². The van der Waals surface area contributed by atoms with Crippen molar-refractivity contribution in [2.24, 2.45) is 5.73 Å². The van der Waals surface area contributed by atoms with E-state index in [1.807, 2.05) is 0 Å². The predicted octanol–water partition coefficient (Wildman–Crippen LogP) is 1.98. The summed E-state index contributed by atoms with van der Waals surface area (Å²) in [5.74, 6) is 0.586. The number of rotatable bonds is 2. The predicted molar refractivity (Wildman–Crippen MR) is 65.8 cm³/mol. The first-order chi connectivity index (χ1) is 8.18. The maximum absolute atomic E-state index is 12.0. The maximum Gasteiger partial charge on any atom is 0.255 e. The third-order valence-corrected chi connectivity index (χ3v) is 3.49. The van der Waals surface area contributed by atoms with Crippen LogP contribution in [0.2, 0.25) is 0 Å². The molecule has 2 unspecified atom stereocenters. The molecule has 4 heteroatoms. The summed E-state index contributed by atoms with van der Waals surface area (Å²) in [6.07, 6.45) is 7.03. The van der Waals surface area contributed by atoms with Crippen LogP contribution in [0, 0.1) is 6.92 Å². The number of aryl methyl sites for hydroxylation is 1. The van der Waals surface area contributed by atoms with E-state index in [9.17, 15) is 4.79 Å². The number of hydrogen-bond acceptors (Lipinski definition) is 3. The fraction of sp³-hybridized carbons (Fsp3) is 0.615. The highest BCUT2D eigenvalue weighted by molar-refractivity contribution is 5.95. The minimum absolute atomic E-state index is 0.0707. The molecule has 2 rings (SSSR count). The lowest BCUT2D eigenvalue weighted by molar-refractivity contribution is 0.0927. The quantitative estimate of drug-likeness (QED) is 0.771. The normalized spacial score (nSPS) is 25.3. The van der Waals surface area contributed by atoms with E-state index in [1.54, 1.807) is 13.0 Å². The summed E-state index contributed by atoms with van der Waals surface area (Å²) in [7, 11) is 0. The van der Waals surface area contributed by atoms with Gasteiger partial charge in [0.25, 0.3) is 5.91 Å². The molecule has 1 saturated carbocycles.